The number of carbonyl (C=O) groups is 2. The molecule has 0 radical (unpaired) electrons. The third kappa shape index (κ3) is 6.68. The van der Waals surface area contributed by atoms with Gasteiger partial charge in [-0.15, -0.1) is 0 Å². The molecule has 0 fully saturated rings. The summed E-state index contributed by atoms with van der Waals surface area (Å²) in [5.41, 5.74) is 0. The van der Waals surface area contributed by atoms with Gasteiger partial charge in [-0.3, -0.25) is 9.59 Å². The van der Waals surface area contributed by atoms with Gasteiger partial charge in [-0.05, 0) is 12.8 Å². The molecule has 0 N–H and O–H groups in total. The van der Waals surface area contributed by atoms with E-state index < -0.39 is 17.9 Å². The van der Waals surface area contributed by atoms with E-state index in [2.05, 4.69) is 13.2 Å². The quantitative estimate of drug-likeness (QED) is 0.359. The smallest absolute Gasteiger partial charge is 0.320 e. The van der Waals surface area contributed by atoms with E-state index in [0.717, 1.165) is 6.42 Å². The van der Waals surface area contributed by atoms with Gasteiger partial charge < -0.3 is 9.47 Å². The lowest BCUT2D eigenvalue weighted by atomic mass is 10.1. The normalized spacial score (nSPS) is 10.3. The van der Waals surface area contributed by atoms with Gasteiger partial charge in [-0.2, -0.15) is 0 Å². The second-order valence-electron chi connectivity index (χ2n) is 3.51. The molecule has 0 heterocycles. The van der Waals surface area contributed by atoms with Crippen LogP contribution in [0.2, 0.25) is 0 Å². The molecule has 0 aromatic carbocycles. The molecule has 4 nitrogen and oxygen atoms in total. The first-order valence-electron chi connectivity index (χ1n) is 5.87. The van der Waals surface area contributed by atoms with Crippen molar-refractivity contribution in [1.29, 1.82) is 0 Å². The first kappa shape index (κ1) is 16.2. The van der Waals surface area contributed by atoms with Gasteiger partial charge in [0, 0.05) is 0 Å². The summed E-state index contributed by atoms with van der Waals surface area (Å²) in [5.74, 6) is -2.11. The van der Waals surface area contributed by atoms with Crippen molar-refractivity contribution in [3.8, 4) is 0 Å². The summed E-state index contributed by atoms with van der Waals surface area (Å²) >= 11 is 0. The van der Waals surface area contributed by atoms with E-state index in [-0.39, 0.29) is 19.6 Å². The molecule has 0 aliphatic heterocycles. The molecule has 18 heavy (non-hydrogen) atoms. The Morgan fingerprint density at radius 1 is 1.06 bits per heavy atom. The predicted molar refractivity (Wildman–Crippen MR) is 69.9 cm³/mol. The molecule has 0 atom stereocenters. The molecule has 0 aromatic heterocycles. The molecule has 0 aliphatic carbocycles. The van der Waals surface area contributed by atoms with Gasteiger partial charge in [0.15, 0.2) is 5.92 Å². The third-order valence-corrected chi connectivity index (χ3v) is 2.03. The van der Waals surface area contributed by atoms with Crippen molar-refractivity contribution >= 4 is 11.9 Å². The summed E-state index contributed by atoms with van der Waals surface area (Å²) in [6.07, 6.45) is 7.68. The van der Waals surface area contributed by atoms with Gasteiger partial charge >= 0.3 is 11.9 Å². The highest BCUT2D eigenvalue weighted by atomic mass is 16.6. The minimum atomic E-state index is -0.923. The standard InChI is InChI=1S/C14H20O4/c1-4-7-8-9-12(13(15)17-10-5-2)14(16)18-11-6-3/h5-8,12H,2-4,9-11H2,1H3/b8-7+. The lowest BCUT2D eigenvalue weighted by Crippen LogP contribution is -2.27. The number of hydrogen-bond donors (Lipinski definition) is 0. The topological polar surface area (TPSA) is 52.6 Å². The van der Waals surface area contributed by atoms with Gasteiger partial charge in [0.05, 0.1) is 0 Å². The summed E-state index contributed by atoms with van der Waals surface area (Å²) in [5, 5.41) is 0. The summed E-state index contributed by atoms with van der Waals surface area (Å²) in [6, 6.07) is 0. The first-order valence-corrected chi connectivity index (χ1v) is 5.87. The van der Waals surface area contributed by atoms with Crippen LogP contribution in [0.1, 0.15) is 19.8 Å². The van der Waals surface area contributed by atoms with Crippen LogP contribution in [0.3, 0.4) is 0 Å². The Morgan fingerprint density at radius 3 is 1.94 bits per heavy atom. The Bertz CT molecular complexity index is 294. The van der Waals surface area contributed by atoms with E-state index in [4.69, 9.17) is 9.47 Å². The first-order chi connectivity index (χ1) is 8.67. The fourth-order valence-electron chi connectivity index (χ4n) is 1.17. The zero-order valence-electron chi connectivity index (χ0n) is 10.8. The zero-order valence-corrected chi connectivity index (χ0v) is 10.8. The van der Waals surface area contributed by atoms with Crippen molar-refractivity contribution in [3.63, 3.8) is 0 Å². The Balaban J connectivity index is 4.52. The second-order valence-corrected chi connectivity index (χ2v) is 3.51. The van der Waals surface area contributed by atoms with Crippen molar-refractivity contribution in [2.75, 3.05) is 13.2 Å². The largest absolute Gasteiger partial charge is 0.461 e. The molecule has 0 bridgehead atoms. The molecular weight excluding hydrogens is 232 g/mol. The van der Waals surface area contributed by atoms with E-state index in [1.807, 2.05) is 13.0 Å². The van der Waals surface area contributed by atoms with Gasteiger partial charge in [0.1, 0.15) is 13.2 Å². The maximum absolute atomic E-state index is 11.7. The monoisotopic (exact) mass is 252 g/mol. The van der Waals surface area contributed by atoms with Crippen LogP contribution in [0.15, 0.2) is 37.5 Å². The summed E-state index contributed by atoms with van der Waals surface area (Å²) in [7, 11) is 0. The molecule has 0 aromatic rings. The van der Waals surface area contributed by atoms with Gasteiger partial charge in [0.25, 0.3) is 0 Å². The van der Waals surface area contributed by atoms with Gasteiger partial charge in [0.2, 0.25) is 0 Å². The van der Waals surface area contributed by atoms with Crippen LogP contribution in [0.25, 0.3) is 0 Å². The van der Waals surface area contributed by atoms with Crippen molar-refractivity contribution in [3.05, 3.63) is 37.5 Å². The number of allylic oxidation sites excluding steroid dienone is 2. The van der Waals surface area contributed by atoms with Crippen LogP contribution in [0.5, 0.6) is 0 Å². The highest BCUT2D eigenvalue weighted by molar-refractivity contribution is 5.95. The van der Waals surface area contributed by atoms with Crippen molar-refractivity contribution in [1.82, 2.24) is 0 Å². The molecule has 100 valence electrons. The number of hydrogen-bond acceptors (Lipinski definition) is 4. The maximum Gasteiger partial charge on any atom is 0.320 e. The molecule has 4 heteroatoms. The maximum atomic E-state index is 11.7. The number of rotatable bonds is 9. The SMILES string of the molecule is C=CCOC(=O)C(C/C=C/CC)C(=O)OCC=C. The van der Waals surface area contributed by atoms with Gasteiger partial charge in [-0.1, -0.05) is 44.4 Å². The minimum absolute atomic E-state index is 0.0849. The Kier molecular flexibility index (Phi) is 9.27. The molecule has 0 unspecified atom stereocenters. The lowest BCUT2D eigenvalue weighted by molar-refractivity contribution is -0.160. The highest BCUT2D eigenvalue weighted by Crippen LogP contribution is 2.10. The van der Waals surface area contributed by atoms with E-state index in [1.165, 1.54) is 12.2 Å². The van der Waals surface area contributed by atoms with E-state index >= 15 is 0 Å². The molecular formula is C14H20O4. The Hall–Kier alpha value is -1.84. The molecule has 0 saturated heterocycles. The Labute approximate surface area is 108 Å². The lowest BCUT2D eigenvalue weighted by Gasteiger charge is -2.12. The van der Waals surface area contributed by atoms with Crippen LogP contribution in [-0.4, -0.2) is 25.2 Å². The van der Waals surface area contributed by atoms with E-state index in [1.54, 1.807) is 6.08 Å². The predicted octanol–water partition coefficient (Wildman–Crippen LogP) is 2.42. The van der Waals surface area contributed by atoms with Crippen molar-refractivity contribution in [2.24, 2.45) is 5.92 Å². The average Bonchev–Trinajstić information content (AvgIpc) is 2.38. The summed E-state index contributed by atoms with van der Waals surface area (Å²) < 4.78 is 9.74. The molecule has 0 aliphatic rings. The highest BCUT2D eigenvalue weighted by Gasteiger charge is 2.28. The fraction of sp³-hybridized carbons (Fsp3) is 0.429. The van der Waals surface area contributed by atoms with Crippen LogP contribution >= 0.6 is 0 Å². The summed E-state index contributed by atoms with van der Waals surface area (Å²) in [6.45, 7) is 9.02. The minimum Gasteiger partial charge on any atom is -0.461 e. The second kappa shape index (κ2) is 10.3. The van der Waals surface area contributed by atoms with Crippen LogP contribution in [0.4, 0.5) is 0 Å². The molecule has 0 rings (SSSR count). The van der Waals surface area contributed by atoms with Crippen molar-refractivity contribution < 1.29 is 19.1 Å². The van der Waals surface area contributed by atoms with Gasteiger partial charge in [-0.25, -0.2) is 0 Å². The van der Waals surface area contributed by atoms with Crippen molar-refractivity contribution in [2.45, 2.75) is 19.8 Å². The molecule has 0 amide bonds. The molecule has 0 spiro atoms. The fourth-order valence-corrected chi connectivity index (χ4v) is 1.17. The summed E-state index contributed by atoms with van der Waals surface area (Å²) in [4.78, 5) is 23.3. The third-order valence-electron chi connectivity index (χ3n) is 2.03. The van der Waals surface area contributed by atoms with Crippen LogP contribution in [0, 0.1) is 5.92 Å². The zero-order chi connectivity index (χ0) is 13.8. The van der Waals surface area contributed by atoms with E-state index in [0.29, 0.717) is 0 Å². The van der Waals surface area contributed by atoms with Crippen LogP contribution in [-0.2, 0) is 19.1 Å². The number of esters is 2. The number of ether oxygens (including phenoxy) is 2. The average molecular weight is 252 g/mol. The molecule has 0 saturated carbocycles. The Morgan fingerprint density at radius 2 is 1.56 bits per heavy atom. The number of carbonyl (C=O) groups excluding carboxylic acids is 2. The van der Waals surface area contributed by atoms with Crippen LogP contribution < -0.4 is 0 Å². The van der Waals surface area contributed by atoms with E-state index in [9.17, 15) is 9.59 Å².